The van der Waals surface area contributed by atoms with Gasteiger partial charge in [0.05, 0.1) is 30.0 Å². The number of halogens is 1. The van der Waals surface area contributed by atoms with Gasteiger partial charge in [0.15, 0.2) is 0 Å². The van der Waals surface area contributed by atoms with E-state index in [4.69, 9.17) is 31.5 Å². The molecule has 3 N–H and O–H groups in total. The highest BCUT2D eigenvalue weighted by Gasteiger charge is 2.15. The van der Waals surface area contributed by atoms with E-state index >= 15 is 0 Å². The Balaban J connectivity index is 2.10. The monoisotopic (exact) mass is 392 g/mol. The summed E-state index contributed by atoms with van der Waals surface area (Å²) in [5.74, 6) is 0.776. The van der Waals surface area contributed by atoms with Crippen LogP contribution in [0.5, 0.6) is 11.5 Å². The molecular weight excluding hydrogens is 368 g/mol. The van der Waals surface area contributed by atoms with Gasteiger partial charge in [0.1, 0.15) is 18.1 Å². The Kier molecular flexibility index (Phi) is 7.76. The minimum absolute atomic E-state index is 0.300. The van der Waals surface area contributed by atoms with Gasteiger partial charge in [-0.3, -0.25) is 4.79 Å². The molecule has 0 aliphatic rings. The second-order valence-corrected chi connectivity index (χ2v) is 6.32. The molecule has 7 heteroatoms. The molecule has 146 valence electrons. The summed E-state index contributed by atoms with van der Waals surface area (Å²) in [6.07, 6.45) is 0. The van der Waals surface area contributed by atoms with Crippen LogP contribution in [0.3, 0.4) is 0 Å². The number of nitrogens with two attached hydrogens (primary N) is 1. The van der Waals surface area contributed by atoms with Crippen molar-refractivity contribution in [1.82, 2.24) is 5.32 Å². The lowest BCUT2D eigenvalue weighted by molar-refractivity contribution is 0.0946. The highest BCUT2D eigenvalue weighted by Crippen LogP contribution is 2.29. The lowest BCUT2D eigenvalue weighted by atomic mass is 10.1. The van der Waals surface area contributed by atoms with Crippen molar-refractivity contribution in [3.63, 3.8) is 0 Å². The first kappa shape index (κ1) is 20.9. The van der Waals surface area contributed by atoms with E-state index in [0.29, 0.717) is 48.4 Å². The number of ether oxygens (including phenoxy) is 3. The molecule has 27 heavy (non-hydrogen) atoms. The first-order valence-electron chi connectivity index (χ1n) is 8.67. The van der Waals surface area contributed by atoms with Gasteiger partial charge in [-0.05, 0) is 31.5 Å². The number of aryl methyl sites for hydroxylation is 1. The van der Waals surface area contributed by atoms with Crippen LogP contribution in [0, 0.1) is 6.92 Å². The van der Waals surface area contributed by atoms with E-state index in [9.17, 15) is 4.79 Å². The van der Waals surface area contributed by atoms with Gasteiger partial charge in [-0.25, -0.2) is 0 Å². The van der Waals surface area contributed by atoms with Gasteiger partial charge in [-0.15, -0.1) is 0 Å². The summed E-state index contributed by atoms with van der Waals surface area (Å²) >= 11 is 6.04. The first-order valence-corrected chi connectivity index (χ1v) is 9.05. The number of amides is 1. The number of hydrogen-bond donors (Lipinski definition) is 2. The molecule has 0 aliphatic heterocycles. The van der Waals surface area contributed by atoms with Crippen molar-refractivity contribution in [2.75, 3.05) is 32.7 Å². The van der Waals surface area contributed by atoms with Gasteiger partial charge in [0.2, 0.25) is 0 Å². The Morgan fingerprint density at radius 3 is 2.67 bits per heavy atom. The number of carbonyl (C=O) groups excluding carboxylic acids is 1. The molecule has 0 spiro atoms. The van der Waals surface area contributed by atoms with Crippen molar-refractivity contribution in [3.05, 3.63) is 52.0 Å². The number of carbonyl (C=O) groups is 1. The van der Waals surface area contributed by atoms with E-state index in [1.165, 1.54) is 19.2 Å². The fourth-order valence-corrected chi connectivity index (χ4v) is 2.65. The normalized spacial score (nSPS) is 10.5. The highest BCUT2D eigenvalue weighted by molar-refractivity contribution is 6.33. The van der Waals surface area contributed by atoms with Crippen LogP contribution in [-0.2, 0) is 11.3 Å². The van der Waals surface area contributed by atoms with Crippen LogP contribution in [0.4, 0.5) is 5.69 Å². The minimum Gasteiger partial charge on any atom is -0.496 e. The average Bonchev–Trinajstić information content (AvgIpc) is 2.66. The fraction of sp³-hybridized carbons (Fsp3) is 0.350. The Hall–Kier alpha value is -2.44. The van der Waals surface area contributed by atoms with Gasteiger partial charge in [0.25, 0.3) is 5.91 Å². The van der Waals surface area contributed by atoms with Gasteiger partial charge in [-0.2, -0.15) is 0 Å². The van der Waals surface area contributed by atoms with Crippen molar-refractivity contribution < 1.29 is 19.0 Å². The Morgan fingerprint density at radius 2 is 1.96 bits per heavy atom. The van der Waals surface area contributed by atoms with Crippen molar-refractivity contribution in [3.8, 4) is 11.5 Å². The molecular formula is C20H25ClN2O4. The smallest absolute Gasteiger partial charge is 0.255 e. The number of benzene rings is 2. The molecule has 2 rings (SSSR count). The zero-order valence-electron chi connectivity index (χ0n) is 15.8. The standard InChI is InChI=1S/C20H25ClN2O4/c1-4-26-7-8-27-18-9-13(2)5-6-14(18)12-23-20(24)15-10-16(21)17(22)11-19(15)25-3/h5-6,9-11H,4,7-8,12,22H2,1-3H3,(H,23,24). The molecule has 2 aromatic rings. The first-order chi connectivity index (χ1) is 13.0. The maximum absolute atomic E-state index is 12.6. The summed E-state index contributed by atoms with van der Waals surface area (Å²) in [5.41, 5.74) is 8.38. The third-order valence-electron chi connectivity index (χ3n) is 3.91. The quantitative estimate of drug-likeness (QED) is 0.503. The van der Waals surface area contributed by atoms with Gasteiger partial charge < -0.3 is 25.3 Å². The van der Waals surface area contributed by atoms with Crippen LogP contribution in [-0.4, -0.2) is 32.8 Å². The molecule has 0 aromatic heterocycles. The zero-order valence-corrected chi connectivity index (χ0v) is 16.6. The van der Waals surface area contributed by atoms with Crippen molar-refractivity contribution in [1.29, 1.82) is 0 Å². The molecule has 2 aromatic carbocycles. The number of methoxy groups -OCH3 is 1. The molecule has 0 atom stereocenters. The summed E-state index contributed by atoms with van der Waals surface area (Å²) in [4.78, 5) is 12.6. The molecule has 1 amide bonds. The molecule has 0 radical (unpaired) electrons. The third-order valence-corrected chi connectivity index (χ3v) is 4.24. The molecule has 0 saturated heterocycles. The van der Waals surface area contributed by atoms with E-state index < -0.39 is 0 Å². The van der Waals surface area contributed by atoms with Gasteiger partial charge >= 0.3 is 0 Å². The van der Waals surface area contributed by atoms with Crippen molar-refractivity contribution in [2.24, 2.45) is 0 Å². The highest BCUT2D eigenvalue weighted by atomic mass is 35.5. The predicted octanol–water partition coefficient (Wildman–Crippen LogP) is 3.58. The fourth-order valence-electron chi connectivity index (χ4n) is 2.48. The minimum atomic E-state index is -0.311. The number of hydrogen-bond acceptors (Lipinski definition) is 5. The summed E-state index contributed by atoms with van der Waals surface area (Å²) in [5, 5.41) is 3.17. The van der Waals surface area contributed by atoms with Crippen LogP contribution in [0.1, 0.15) is 28.4 Å². The second-order valence-electron chi connectivity index (χ2n) is 5.91. The molecule has 0 bridgehead atoms. The number of rotatable bonds is 9. The SMILES string of the molecule is CCOCCOc1cc(C)ccc1CNC(=O)c1cc(Cl)c(N)cc1OC. The molecule has 0 aliphatic carbocycles. The molecule has 0 fully saturated rings. The van der Waals surface area contributed by atoms with Crippen LogP contribution in [0.25, 0.3) is 0 Å². The summed E-state index contributed by atoms with van der Waals surface area (Å²) in [6.45, 7) is 5.82. The van der Waals surface area contributed by atoms with E-state index in [1.54, 1.807) is 0 Å². The van der Waals surface area contributed by atoms with Gasteiger partial charge in [0, 0.05) is 24.8 Å². The molecule has 0 saturated carbocycles. The van der Waals surface area contributed by atoms with Crippen LogP contribution < -0.4 is 20.5 Å². The van der Waals surface area contributed by atoms with E-state index in [-0.39, 0.29) is 5.91 Å². The maximum Gasteiger partial charge on any atom is 0.255 e. The van der Waals surface area contributed by atoms with Crippen molar-refractivity contribution in [2.45, 2.75) is 20.4 Å². The number of nitrogen functional groups attached to an aromatic ring is 1. The summed E-state index contributed by atoms with van der Waals surface area (Å²) < 4.78 is 16.3. The predicted molar refractivity (Wildman–Crippen MR) is 107 cm³/mol. The average molecular weight is 393 g/mol. The molecule has 0 unspecified atom stereocenters. The Morgan fingerprint density at radius 1 is 1.19 bits per heavy atom. The lowest BCUT2D eigenvalue weighted by Gasteiger charge is -2.14. The van der Waals surface area contributed by atoms with Crippen molar-refractivity contribution >= 4 is 23.2 Å². The Bertz CT molecular complexity index is 796. The molecule has 0 heterocycles. The summed E-state index contributed by atoms with van der Waals surface area (Å²) in [6, 6.07) is 8.87. The third kappa shape index (κ3) is 5.77. The lowest BCUT2D eigenvalue weighted by Crippen LogP contribution is -2.24. The number of nitrogens with one attached hydrogen (secondary N) is 1. The van der Waals surface area contributed by atoms with E-state index in [2.05, 4.69) is 5.32 Å². The van der Waals surface area contributed by atoms with Gasteiger partial charge in [-0.1, -0.05) is 23.7 Å². The topological polar surface area (TPSA) is 82.8 Å². The van der Waals surface area contributed by atoms with Crippen LogP contribution in [0.15, 0.2) is 30.3 Å². The second kappa shape index (κ2) is 10.0. The van der Waals surface area contributed by atoms with Crippen LogP contribution >= 0.6 is 11.6 Å². The Labute approximate surface area is 164 Å². The van der Waals surface area contributed by atoms with E-state index in [0.717, 1.165) is 16.9 Å². The maximum atomic E-state index is 12.6. The summed E-state index contributed by atoms with van der Waals surface area (Å²) in [7, 11) is 1.48. The van der Waals surface area contributed by atoms with Crippen LogP contribution in [0.2, 0.25) is 5.02 Å². The number of anilines is 1. The largest absolute Gasteiger partial charge is 0.496 e. The van der Waals surface area contributed by atoms with E-state index in [1.807, 2.05) is 32.0 Å². The zero-order chi connectivity index (χ0) is 19.8. The molecule has 6 nitrogen and oxygen atoms in total.